The van der Waals surface area contributed by atoms with Gasteiger partial charge in [0, 0.05) is 25.5 Å². The maximum absolute atomic E-state index is 3.24. The molecule has 1 heterocycles. The summed E-state index contributed by atoms with van der Waals surface area (Å²) in [6.07, 6.45) is 4.20. The van der Waals surface area contributed by atoms with Crippen LogP contribution in [0.15, 0.2) is 18.5 Å². The number of hydrogen-bond acceptors (Lipinski definition) is 1. The van der Waals surface area contributed by atoms with Gasteiger partial charge in [0.2, 0.25) is 0 Å². The lowest BCUT2D eigenvalue weighted by atomic mass is 10.5. The Balaban J connectivity index is 2.59. The van der Waals surface area contributed by atoms with E-state index in [0.717, 1.165) is 13.1 Å². The van der Waals surface area contributed by atoms with Gasteiger partial charge in [-0.2, -0.15) is 0 Å². The summed E-state index contributed by atoms with van der Waals surface area (Å²) in [5.41, 5.74) is 1.21. The van der Waals surface area contributed by atoms with E-state index in [9.17, 15) is 0 Å². The lowest BCUT2D eigenvalue weighted by Crippen LogP contribution is -1.94. The van der Waals surface area contributed by atoms with Crippen molar-refractivity contribution in [1.82, 2.24) is 4.57 Å². The quantitative estimate of drug-likeness (QED) is 0.675. The summed E-state index contributed by atoms with van der Waals surface area (Å²) in [7, 11) is 0. The second-order valence-electron chi connectivity index (χ2n) is 2.26. The number of aryl methyl sites for hydroxylation is 1. The lowest BCUT2D eigenvalue weighted by molar-refractivity contribution is 0.769. The predicted octanol–water partition coefficient (Wildman–Crippen LogP) is 1.94. The first-order valence-electron chi connectivity index (χ1n) is 3.76. The van der Waals surface area contributed by atoms with Crippen molar-refractivity contribution in [1.29, 1.82) is 0 Å². The van der Waals surface area contributed by atoms with Crippen LogP contribution in [0.2, 0.25) is 0 Å². The second-order valence-corrected chi connectivity index (χ2v) is 2.26. The molecule has 1 N–H and O–H groups in total. The van der Waals surface area contributed by atoms with Gasteiger partial charge in [-0.15, -0.1) is 0 Å². The third kappa shape index (κ3) is 1.53. The van der Waals surface area contributed by atoms with Gasteiger partial charge in [-0.1, -0.05) is 0 Å². The third-order valence-corrected chi connectivity index (χ3v) is 1.50. The van der Waals surface area contributed by atoms with Gasteiger partial charge < -0.3 is 9.88 Å². The Morgan fingerprint density at radius 2 is 2.30 bits per heavy atom. The van der Waals surface area contributed by atoms with Crippen molar-refractivity contribution in [2.24, 2.45) is 0 Å². The van der Waals surface area contributed by atoms with Crippen LogP contribution >= 0.6 is 0 Å². The van der Waals surface area contributed by atoms with E-state index in [1.165, 1.54) is 5.69 Å². The fourth-order valence-electron chi connectivity index (χ4n) is 0.946. The molecule has 0 amide bonds. The van der Waals surface area contributed by atoms with E-state index in [2.05, 4.69) is 42.2 Å². The van der Waals surface area contributed by atoms with Gasteiger partial charge in [0.25, 0.3) is 0 Å². The highest BCUT2D eigenvalue weighted by atomic mass is 15.0. The first kappa shape index (κ1) is 7.19. The maximum Gasteiger partial charge on any atom is 0.0519 e. The molecular formula is C8H14N2. The predicted molar refractivity (Wildman–Crippen MR) is 44.3 cm³/mol. The summed E-state index contributed by atoms with van der Waals surface area (Å²) in [6.45, 7) is 6.28. The van der Waals surface area contributed by atoms with E-state index in [1.807, 2.05) is 0 Å². The summed E-state index contributed by atoms with van der Waals surface area (Å²) >= 11 is 0. The molecule has 10 heavy (non-hydrogen) atoms. The molecule has 0 aromatic carbocycles. The Bertz CT molecular complexity index is 191. The average molecular weight is 138 g/mol. The zero-order valence-corrected chi connectivity index (χ0v) is 6.59. The van der Waals surface area contributed by atoms with E-state index in [-0.39, 0.29) is 0 Å². The fraction of sp³-hybridized carbons (Fsp3) is 0.500. The molecule has 0 atom stereocenters. The minimum atomic E-state index is 0.994. The van der Waals surface area contributed by atoms with Crippen LogP contribution in [-0.2, 0) is 6.54 Å². The first-order chi connectivity index (χ1) is 4.86. The van der Waals surface area contributed by atoms with Gasteiger partial charge in [0.05, 0.1) is 5.69 Å². The number of rotatable bonds is 3. The van der Waals surface area contributed by atoms with Crippen LogP contribution in [0.4, 0.5) is 5.69 Å². The molecule has 56 valence electrons. The molecule has 0 unspecified atom stereocenters. The van der Waals surface area contributed by atoms with E-state index in [0.29, 0.717) is 0 Å². The fourth-order valence-corrected chi connectivity index (χ4v) is 0.946. The highest BCUT2D eigenvalue weighted by Crippen LogP contribution is 2.06. The third-order valence-electron chi connectivity index (χ3n) is 1.50. The molecule has 2 nitrogen and oxygen atoms in total. The van der Waals surface area contributed by atoms with Crippen molar-refractivity contribution < 1.29 is 0 Å². The van der Waals surface area contributed by atoms with Crippen LogP contribution < -0.4 is 5.32 Å². The van der Waals surface area contributed by atoms with Crippen LogP contribution in [0.5, 0.6) is 0 Å². The molecule has 1 rings (SSSR count). The Morgan fingerprint density at radius 3 is 2.80 bits per heavy atom. The highest BCUT2D eigenvalue weighted by Gasteiger charge is 1.90. The van der Waals surface area contributed by atoms with Gasteiger partial charge in [-0.3, -0.25) is 0 Å². The molecule has 0 bridgehead atoms. The van der Waals surface area contributed by atoms with E-state index in [1.54, 1.807) is 0 Å². The molecular weight excluding hydrogens is 124 g/mol. The smallest absolute Gasteiger partial charge is 0.0519 e. The van der Waals surface area contributed by atoms with Gasteiger partial charge in [0.15, 0.2) is 0 Å². The lowest BCUT2D eigenvalue weighted by Gasteiger charge is -1.96. The number of anilines is 1. The molecule has 0 aliphatic heterocycles. The SMILES string of the molecule is CCNc1ccn(CC)c1. The Hall–Kier alpha value is -0.920. The number of nitrogens with one attached hydrogen (secondary N) is 1. The standard InChI is InChI=1S/C8H14N2/c1-3-9-8-5-6-10(4-2)7-8/h5-7,9H,3-4H2,1-2H3. The van der Waals surface area contributed by atoms with Crippen LogP contribution in [0.25, 0.3) is 0 Å². The molecule has 0 fully saturated rings. The minimum Gasteiger partial charge on any atom is -0.384 e. The molecule has 0 saturated heterocycles. The van der Waals surface area contributed by atoms with Crippen molar-refractivity contribution in [2.45, 2.75) is 20.4 Å². The Kier molecular flexibility index (Phi) is 2.37. The number of aromatic nitrogens is 1. The van der Waals surface area contributed by atoms with E-state index < -0.39 is 0 Å². The first-order valence-corrected chi connectivity index (χ1v) is 3.76. The normalized spacial score (nSPS) is 9.80. The van der Waals surface area contributed by atoms with Crippen molar-refractivity contribution in [3.8, 4) is 0 Å². The molecule has 1 aromatic rings. The molecule has 0 aliphatic rings. The van der Waals surface area contributed by atoms with Gasteiger partial charge >= 0.3 is 0 Å². The van der Waals surface area contributed by atoms with Crippen LogP contribution in [0.1, 0.15) is 13.8 Å². The van der Waals surface area contributed by atoms with Gasteiger partial charge in [-0.25, -0.2) is 0 Å². The second kappa shape index (κ2) is 3.30. The Labute approximate surface area is 61.9 Å². The van der Waals surface area contributed by atoms with Crippen molar-refractivity contribution in [3.63, 3.8) is 0 Å². The van der Waals surface area contributed by atoms with Gasteiger partial charge in [-0.05, 0) is 19.9 Å². The van der Waals surface area contributed by atoms with E-state index >= 15 is 0 Å². The largest absolute Gasteiger partial charge is 0.384 e. The molecule has 2 heteroatoms. The van der Waals surface area contributed by atoms with Crippen molar-refractivity contribution >= 4 is 5.69 Å². The molecule has 0 spiro atoms. The Morgan fingerprint density at radius 1 is 1.50 bits per heavy atom. The van der Waals surface area contributed by atoms with Crippen LogP contribution in [0, 0.1) is 0 Å². The van der Waals surface area contributed by atoms with E-state index in [4.69, 9.17) is 0 Å². The van der Waals surface area contributed by atoms with Crippen molar-refractivity contribution in [3.05, 3.63) is 18.5 Å². The number of nitrogens with zero attached hydrogens (tertiary/aromatic N) is 1. The summed E-state index contributed by atoms with van der Waals surface area (Å²) < 4.78 is 2.15. The van der Waals surface area contributed by atoms with Crippen molar-refractivity contribution in [2.75, 3.05) is 11.9 Å². The zero-order valence-electron chi connectivity index (χ0n) is 6.59. The number of hydrogen-bond donors (Lipinski definition) is 1. The topological polar surface area (TPSA) is 17.0 Å². The zero-order chi connectivity index (χ0) is 7.40. The van der Waals surface area contributed by atoms with Gasteiger partial charge in [0.1, 0.15) is 0 Å². The molecule has 1 aromatic heterocycles. The van der Waals surface area contributed by atoms with Crippen LogP contribution in [-0.4, -0.2) is 11.1 Å². The molecule has 0 aliphatic carbocycles. The summed E-state index contributed by atoms with van der Waals surface area (Å²) in [6, 6.07) is 2.09. The molecule has 0 saturated carbocycles. The molecule has 0 radical (unpaired) electrons. The monoisotopic (exact) mass is 138 g/mol. The summed E-state index contributed by atoms with van der Waals surface area (Å²) in [5, 5.41) is 3.24. The highest BCUT2D eigenvalue weighted by molar-refractivity contribution is 5.40. The van der Waals surface area contributed by atoms with Crippen LogP contribution in [0.3, 0.4) is 0 Å². The summed E-state index contributed by atoms with van der Waals surface area (Å²) in [5.74, 6) is 0. The average Bonchev–Trinajstić information content (AvgIpc) is 2.37. The minimum absolute atomic E-state index is 0.994. The maximum atomic E-state index is 3.24. The summed E-state index contributed by atoms with van der Waals surface area (Å²) in [4.78, 5) is 0.